The minimum Gasteiger partial charge on any atom is -0.480 e. The highest BCUT2D eigenvalue weighted by atomic mass is 16.4. The van der Waals surface area contributed by atoms with Gasteiger partial charge in [0, 0.05) is 13.1 Å². The molecule has 1 aliphatic heterocycles. The molecular weight excluding hydrogens is 192 g/mol. The van der Waals surface area contributed by atoms with Gasteiger partial charge in [0.05, 0.1) is 6.54 Å². The van der Waals surface area contributed by atoms with Crippen LogP contribution in [0.15, 0.2) is 0 Å². The second-order valence-electron chi connectivity index (χ2n) is 4.22. The average molecular weight is 214 g/mol. The van der Waals surface area contributed by atoms with Crippen LogP contribution in [-0.2, 0) is 4.79 Å². The Bertz CT molecular complexity index is 191. The molecule has 0 unspecified atom stereocenters. The Hall–Kier alpha value is -0.610. The Morgan fingerprint density at radius 3 is 2.53 bits per heavy atom. The van der Waals surface area contributed by atoms with E-state index in [4.69, 9.17) is 5.11 Å². The molecule has 1 heterocycles. The number of carboxylic acids is 1. The van der Waals surface area contributed by atoms with Crippen molar-refractivity contribution in [2.24, 2.45) is 0 Å². The van der Waals surface area contributed by atoms with Gasteiger partial charge in [0.25, 0.3) is 0 Å². The summed E-state index contributed by atoms with van der Waals surface area (Å²) < 4.78 is 0. The largest absolute Gasteiger partial charge is 0.480 e. The number of carbonyl (C=O) groups is 1. The van der Waals surface area contributed by atoms with E-state index < -0.39 is 5.97 Å². The topological polar surface area (TPSA) is 43.8 Å². The maximum absolute atomic E-state index is 10.6. The molecule has 0 radical (unpaired) electrons. The highest BCUT2D eigenvalue weighted by Gasteiger charge is 2.14. The number of hydrogen-bond donors (Lipinski definition) is 1. The van der Waals surface area contributed by atoms with Gasteiger partial charge < -0.3 is 10.0 Å². The highest BCUT2D eigenvalue weighted by molar-refractivity contribution is 5.69. The second kappa shape index (κ2) is 6.80. The Balaban J connectivity index is 2.20. The Labute approximate surface area is 91.9 Å². The van der Waals surface area contributed by atoms with E-state index in [2.05, 4.69) is 11.8 Å². The number of nitrogens with zero attached hydrogens (tertiary/aromatic N) is 2. The van der Waals surface area contributed by atoms with E-state index in [1.54, 1.807) is 0 Å². The Morgan fingerprint density at radius 2 is 2.00 bits per heavy atom. The zero-order chi connectivity index (χ0) is 11.1. The number of hydrogen-bond acceptors (Lipinski definition) is 3. The van der Waals surface area contributed by atoms with E-state index in [0.29, 0.717) is 0 Å². The molecule has 4 heteroatoms. The lowest BCUT2D eigenvalue weighted by Crippen LogP contribution is -2.37. The van der Waals surface area contributed by atoms with Crippen molar-refractivity contribution < 1.29 is 9.90 Å². The third-order valence-corrected chi connectivity index (χ3v) is 2.83. The van der Waals surface area contributed by atoms with Crippen LogP contribution in [0, 0.1) is 0 Å². The highest BCUT2D eigenvalue weighted by Crippen LogP contribution is 2.06. The van der Waals surface area contributed by atoms with Gasteiger partial charge in [-0.25, -0.2) is 0 Å². The quantitative estimate of drug-likeness (QED) is 0.683. The molecule has 0 saturated carbocycles. The van der Waals surface area contributed by atoms with Gasteiger partial charge in [0.15, 0.2) is 0 Å². The summed E-state index contributed by atoms with van der Waals surface area (Å²) in [5.74, 6) is -0.718. The first-order chi connectivity index (χ1) is 7.22. The van der Waals surface area contributed by atoms with Crippen LogP contribution in [0.3, 0.4) is 0 Å². The van der Waals surface area contributed by atoms with Crippen LogP contribution in [0.4, 0.5) is 0 Å². The average Bonchev–Trinajstić information content (AvgIpc) is 2.66. The number of aliphatic carboxylic acids is 1. The van der Waals surface area contributed by atoms with Gasteiger partial charge >= 0.3 is 5.97 Å². The lowest BCUT2D eigenvalue weighted by Gasteiger charge is -2.23. The van der Waals surface area contributed by atoms with Gasteiger partial charge in [-0.15, -0.1) is 0 Å². The van der Waals surface area contributed by atoms with Crippen molar-refractivity contribution in [2.45, 2.75) is 26.2 Å². The molecule has 1 saturated heterocycles. The zero-order valence-corrected chi connectivity index (χ0v) is 9.61. The molecule has 88 valence electrons. The van der Waals surface area contributed by atoms with Gasteiger partial charge in [0.1, 0.15) is 0 Å². The first-order valence-electron chi connectivity index (χ1n) is 5.89. The third kappa shape index (κ3) is 5.14. The van der Waals surface area contributed by atoms with Crippen molar-refractivity contribution in [3.8, 4) is 0 Å². The summed E-state index contributed by atoms with van der Waals surface area (Å²) in [6.45, 7) is 7.44. The molecule has 0 aromatic carbocycles. The van der Waals surface area contributed by atoms with Crippen LogP contribution >= 0.6 is 0 Å². The SMILES string of the molecule is CCCN(CCN1CCCC1)CC(=O)O. The molecular formula is C11H22N2O2. The van der Waals surface area contributed by atoms with Crippen LogP contribution in [0.25, 0.3) is 0 Å². The first kappa shape index (κ1) is 12.5. The number of rotatable bonds is 7. The standard InChI is InChI=1S/C11H22N2O2/c1-2-5-13(10-11(14)15)9-8-12-6-3-4-7-12/h2-10H2,1H3,(H,14,15). The number of likely N-dealkylation sites (tertiary alicyclic amines) is 1. The molecule has 4 nitrogen and oxygen atoms in total. The maximum Gasteiger partial charge on any atom is 0.317 e. The predicted molar refractivity (Wildman–Crippen MR) is 60.0 cm³/mol. The van der Waals surface area contributed by atoms with Crippen molar-refractivity contribution in [2.75, 3.05) is 39.3 Å². The summed E-state index contributed by atoms with van der Waals surface area (Å²) in [5.41, 5.74) is 0. The molecule has 0 aromatic rings. The van der Waals surface area contributed by atoms with Crippen molar-refractivity contribution in [3.05, 3.63) is 0 Å². The van der Waals surface area contributed by atoms with Gasteiger partial charge in [-0.3, -0.25) is 9.69 Å². The summed E-state index contributed by atoms with van der Waals surface area (Å²) >= 11 is 0. The molecule has 0 spiro atoms. The fraction of sp³-hybridized carbons (Fsp3) is 0.909. The van der Waals surface area contributed by atoms with E-state index >= 15 is 0 Å². The van der Waals surface area contributed by atoms with Crippen LogP contribution in [0.2, 0.25) is 0 Å². The molecule has 0 aliphatic carbocycles. The van der Waals surface area contributed by atoms with Gasteiger partial charge in [0.2, 0.25) is 0 Å². The van der Waals surface area contributed by atoms with Crippen LogP contribution in [-0.4, -0.2) is 60.1 Å². The summed E-state index contributed by atoms with van der Waals surface area (Å²) in [5, 5.41) is 8.75. The second-order valence-corrected chi connectivity index (χ2v) is 4.22. The van der Waals surface area contributed by atoms with Crippen molar-refractivity contribution in [1.29, 1.82) is 0 Å². The predicted octanol–water partition coefficient (Wildman–Crippen LogP) is 0.879. The molecule has 0 amide bonds. The van der Waals surface area contributed by atoms with E-state index in [-0.39, 0.29) is 6.54 Å². The molecule has 0 atom stereocenters. The molecule has 0 aromatic heterocycles. The zero-order valence-electron chi connectivity index (χ0n) is 9.61. The monoisotopic (exact) mass is 214 g/mol. The van der Waals surface area contributed by atoms with Crippen molar-refractivity contribution in [3.63, 3.8) is 0 Å². The van der Waals surface area contributed by atoms with Crippen LogP contribution in [0.1, 0.15) is 26.2 Å². The normalized spacial score (nSPS) is 17.5. The third-order valence-electron chi connectivity index (χ3n) is 2.83. The van der Waals surface area contributed by atoms with Gasteiger partial charge in [-0.2, -0.15) is 0 Å². The molecule has 1 aliphatic rings. The molecule has 15 heavy (non-hydrogen) atoms. The minimum atomic E-state index is -0.718. The fourth-order valence-electron chi connectivity index (χ4n) is 2.07. The number of carboxylic acid groups (broad SMARTS) is 1. The van der Waals surface area contributed by atoms with E-state index in [1.165, 1.54) is 25.9 Å². The molecule has 1 rings (SSSR count). The Kier molecular flexibility index (Phi) is 5.65. The van der Waals surface area contributed by atoms with Crippen LogP contribution < -0.4 is 0 Å². The maximum atomic E-state index is 10.6. The minimum absolute atomic E-state index is 0.182. The van der Waals surface area contributed by atoms with E-state index in [9.17, 15) is 4.79 Å². The van der Waals surface area contributed by atoms with Gasteiger partial charge in [-0.1, -0.05) is 6.92 Å². The summed E-state index contributed by atoms with van der Waals surface area (Å²) in [6, 6.07) is 0. The smallest absolute Gasteiger partial charge is 0.317 e. The molecule has 1 fully saturated rings. The fourth-order valence-corrected chi connectivity index (χ4v) is 2.07. The van der Waals surface area contributed by atoms with E-state index in [0.717, 1.165) is 26.1 Å². The molecule has 0 bridgehead atoms. The Morgan fingerprint density at radius 1 is 1.33 bits per heavy atom. The summed E-state index contributed by atoms with van der Waals surface area (Å²) in [6.07, 6.45) is 3.62. The summed E-state index contributed by atoms with van der Waals surface area (Å²) in [7, 11) is 0. The van der Waals surface area contributed by atoms with Crippen LogP contribution in [0.5, 0.6) is 0 Å². The lowest BCUT2D eigenvalue weighted by molar-refractivity contribution is -0.138. The molecule has 1 N–H and O–H groups in total. The van der Waals surface area contributed by atoms with E-state index in [1.807, 2.05) is 4.90 Å². The lowest BCUT2D eigenvalue weighted by atomic mass is 10.3. The van der Waals surface area contributed by atoms with Gasteiger partial charge in [-0.05, 0) is 38.9 Å². The van der Waals surface area contributed by atoms with Crippen molar-refractivity contribution >= 4 is 5.97 Å². The van der Waals surface area contributed by atoms with Crippen molar-refractivity contribution in [1.82, 2.24) is 9.80 Å². The summed E-state index contributed by atoms with van der Waals surface area (Å²) in [4.78, 5) is 15.1. The first-order valence-corrected chi connectivity index (χ1v) is 5.89.